The second kappa shape index (κ2) is 5.16. The van der Waals surface area contributed by atoms with Crippen LogP contribution in [0.4, 0.5) is 0 Å². The molecule has 2 rings (SSSR count). The molecule has 1 aliphatic heterocycles. The molecule has 0 bridgehead atoms. The number of carbonyl (C=O) groups is 2. The van der Waals surface area contributed by atoms with Crippen molar-refractivity contribution in [2.75, 3.05) is 13.1 Å². The summed E-state index contributed by atoms with van der Waals surface area (Å²) < 4.78 is 0. The number of nitrogens with zero attached hydrogens (tertiary/aromatic N) is 2. The fourth-order valence-electron chi connectivity index (χ4n) is 2.19. The maximum Gasteiger partial charge on any atom is 0.306 e. The zero-order chi connectivity index (χ0) is 13.1. The summed E-state index contributed by atoms with van der Waals surface area (Å²) in [7, 11) is 0. The van der Waals surface area contributed by atoms with Crippen LogP contribution in [0.1, 0.15) is 28.9 Å². The summed E-state index contributed by atoms with van der Waals surface area (Å²) in [6.45, 7) is 2.86. The molecule has 1 fully saturated rings. The first kappa shape index (κ1) is 12.5. The molecule has 0 unspecified atom stereocenters. The van der Waals surface area contributed by atoms with Gasteiger partial charge in [-0.3, -0.25) is 14.6 Å². The van der Waals surface area contributed by atoms with E-state index in [0.29, 0.717) is 31.5 Å². The summed E-state index contributed by atoms with van der Waals surface area (Å²) in [4.78, 5) is 28.8. The summed E-state index contributed by atoms with van der Waals surface area (Å²) in [5, 5.41) is 8.90. The van der Waals surface area contributed by atoms with Crippen molar-refractivity contribution in [1.82, 2.24) is 9.88 Å². The lowest BCUT2D eigenvalue weighted by Gasteiger charge is -2.30. The molecule has 0 aliphatic carbocycles. The molecule has 96 valence electrons. The fraction of sp³-hybridized carbons (Fsp3) is 0.462. The molecule has 18 heavy (non-hydrogen) atoms. The number of hydrogen-bond donors (Lipinski definition) is 1. The van der Waals surface area contributed by atoms with E-state index >= 15 is 0 Å². The van der Waals surface area contributed by atoms with Gasteiger partial charge in [0.25, 0.3) is 5.91 Å². The van der Waals surface area contributed by atoms with E-state index in [-0.39, 0.29) is 11.8 Å². The smallest absolute Gasteiger partial charge is 0.306 e. The molecule has 1 aromatic rings. The molecule has 1 aliphatic rings. The van der Waals surface area contributed by atoms with Crippen LogP contribution in [0.25, 0.3) is 0 Å². The highest BCUT2D eigenvalue weighted by Crippen LogP contribution is 2.19. The maximum atomic E-state index is 12.2. The lowest BCUT2D eigenvalue weighted by molar-refractivity contribution is -0.143. The molecule has 0 radical (unpaired) electrons. The van der Waals surface area contributed by atoms with Crippen molar-refractivity contribution >= 4 is 11.9 Å². The van der Waals surface area contributed by atoms with Crippen molar-refractivity contribution in [2.45, 2.75) is 19.8 Å². The van der Waals surface area contributed by atoms with Crippen LogP contribution in [0, 0.1) is 12.8 Å². The molecule has 1 saturated heterocycles. The van der Waals surface area contributed by atoms with Crippen LogP contribution in [0.15, 0.2) is 18.3 Å². The van der Waals surface area contributed by atoms with Gasteiger partial charge in [0.15, 0.2) is 0 Å². The number of carboxylic acids is 1. The van der Waals surface area contributed by atoms with Gasteiger partial charge in [-0.15, -0.1) is 0 Å². The van der Waals surface area contributed by atoms with E-state index in [2.05, 4.69) is 4.98 Å². The average Bonchev–Trinajstić information content (AvgIpc) is 2.38. The minimum Gasteiger partial charge on any atom is -0.481 e. The summed E-state index contributed by atoms with van der Waals surface area (Å²) >= 11 is 0. The molecule has 0 atom stereocenters. The van der Waals surface area contributed by atoms with E-state index in [9.17, 15) is 9.59 Å². The predicted octanol–water partition coefficient (Wildman–Crippen LogP) is 1.33. The van der Waals surface area contributed by atoms with Crippen LogP contribution in [0.3, 0.4) is 0 Å². The standard InChI is InChI=1S/C13H16N2O3/c1-9-8-11(2-5-14-9)12(16)15-6-3-10(4-7-15)13(17)18/h2,5,8,10H,3-4,6-7H2,1H3,(H,17,18). The number of carboxylic acid groups (broad SMARTS) is 1. The van der Waals surface area contributed by atoms with Gasteiger partial charge in [-0.05, 0) is 31.9 Å². The van der Waals surface area contributed by atoms with Crippen molar-refractivity contribution in [2.24, 2.45) is 5.92 Å². The van der Waals surface area contributed by atoms with E-state index in [1.165, 1.54) is 0 Å². The molecular weight excluding hydrogens is 232 g/mol. The zero-order valence-electron chi connectivity index (χ0n) is 10.3. The van der Waals surface area contributed by atoms with Gasteiger partial charge < -0.3 is 10.0 Å². The molecule has 5 heteroatoms. The lowest BCUT2D eigenvalue weighted by Crippen LogP contribution is -2.40. The SMILES string of the molecule is Cc1cc(C(=O)N2CCC(C(=O)O)CC2)ccn1. The third-order valence-electron chi connectivity index (χ3n) is 3.28. The van der Waals surface area contributed by atoms with Gasteiger partial charge in [-0.2, -0.15) is 0 Å². The largest absolute Gasteiger partial charge is 0.481 e. The van der Waals surface area contributed by atoms with Crippen LogP contribution < -0.4 is 0 Å². The molecule has 0 saturated carbocycles. The third kappa shape index (κ3) is 2.67. The van der Waals surface area contributed by atoms with Crippen LogP contribution in [-0.2, 0) is 4.79 Å². The number of rotatable bonds is 2. The molecule has 1 aromatic heterocycles. The number of amides is 1. The minimum atomic E-state index is -0.762. The van der Waals surface area contributed by atoms with Crippen molar-refractivity contribution in [3.8, 4) is 0 Å². The molecule has 1 amide bonds. The highest BCUT2D eigenvalue weighted by atomic mass is 16.4. The van der Waals surface area contributed by atoms with E-state index in [0.717, 1.165) is 5.69 Å². The van der Waals surface area contributed by atoms with Crippen LogP contribution in [0.2, 0.25) is 0 Å². The summed E-state index contributed by atoms with van der Waals surface area (Å²) in [6.07, 6.45) is 2.68. The predicted molar refractivity (Wildman–Crippen MR) is 65.2 cm³/mol. The topological polar surface area (TPSA) is 70.5 Å². The average molecular weight is 248 g/mol. The molecule has 1 N–H and O–H groups in total. The molecule has 0 spiro atoms. The molecular formula is C13H16N2O3. The Morgan fingerprint density at radius 1 is 1.39 bits per heavy atom. The van der Waals surface area contributed by atoms with E-state index in [1.807, 2.05) is 6.92 Å². The first-order valence-electron chi connectivity index (χ1n) is 6.02. The number of aliphatic carboxylic acids is 1. The summed E-state index contributed by atoms with van der Waals surface area (Å²) in [5.41, 5.74) is 1.43. The summed E-state index contributed by atoms with van der Waals surface area (Å²) in [6, 6.07) is 3.45. The van der Waals surface area contributed by atoms with Gasteiger partial charge in [0.2, 0.25) is 0 Å². The highest BCUT2D eigenvalue weighted by Gasteiger charge is 2.27. The van der Waals surface area contributed by atoms with E-state index in [1.54, 1.807) is 23.2 Å². The lowest BCUT2D eigenvalue weighted by atomic mass is 9.96. The van der Waals surface area contributed by atoms with Gasteiger partial charge >= 0.3 is 5.97 Å². The van der Waals surface area contributed by atoms with Gasteiger partial charge in [0, 0.05) is 30.5 Å². The number of pyridine rings is 1. The minimum absolute atomic E-state index is 0.0376. The Kier molecular flexibility index (Phi) is 3.60. The van der Waals surface area contributed by atoms with Crippen LogP contribution in [-0.4, -0.2) is 40.0 Å². The zero-order valence-corrected chi connectivity index (χ0v) is 10.3. The maximum absolute atomic E-state index is 12.2. The molecule has 2 heterocycles. The Labute approximate surface area is 105 Å². The number of aryl methyl sites for hydroxylation is 1. The monoisotopic (exact) mass is 248 g/mol. The van der Waals surface area contributed by atoms with Crippen LogP contribution >= 0.6 is 0 Å². The second-order valence-electron chi connectivity index (χ2n) is 4.59. The van der Waals surface area contributed by atoms with Crippen molar-refractivity contribution in [3.63, 3.8) is 0 Å². The van der Waals surface area contributed by atoms with Crippen molar-refractivity contribution in [1.29, 1.82) is 0 Å². The Bertz CT molecular complexity index is 465. The fourth-order valence-corrected chi connectivity index (χ4v) is 2.19. The Morgan fingerprint density at radius 2 is 2.06 bits per heavy atom. The first-order chi connectivity index (χ1) is 8.58. The van der Waals surface area contributed by atoms with Gasteiger partial charge in [0.1, 0.15) is 0 Å². The van der Waals surface area contributed by atoms with Crippen LogP contribution in [0.5, 0.6) is 0 Å². The molecule has 0 aromatic carbocycles. The number of hydrogen-bond acceptors (Lipinski definition) is 3. The van der Waals surface area contributed by atoms with Gasteiger partial charge in [0.05, 0.1) is 5.92 Å². The first-order valence-corrected chi connectivity index (χ1v) is 6.02. The Balaban J connectivity index is 2.02. The Morgan fingerprint density at radius 3 is 2.61 bits per heavy atom. The quantitative estimate of drug-likeness (QED) is 0.857. The molecule has 5 nitrogen and oxygen atoms in total. The highest BCUT2D eigenvalue weighted by molar-refractivity contribution is 5.94. The second-order valence-corrected chi connectivity index (χ2v) is 4.59. The van der Waals surface area contributed by atoms with E-state index in [4.69, 9.17) is 5.11 Å². The van der Waals surface area contributed by atoms with Gasteiger partial charge in [-0.25, -0.2) is 0 Å². The van der Waals surface area contributed by atoms with Crippen molar-refractivity contribution in [3.05, 3.63) is 29.6 Å². The van der Waals surface area contributed by atoms with Gasteiger partial charge in [-0.1, -0.05) is 0 Å². The Hall–Kier alpha value is -1.91. The normalized spacial score (nSPS) is 16.6. The number of likely N-dealkylation sites (tertiary alicyclic amines) is 1. The number of piperidine rings is 1. The van der Waals surface area contributed by atoms with E-state index < -0.39 is 5.97 Å². The number of aromatic nitrogens is 1. The number of carbonyl (C=O) groups excluding carboxylic acids is 1. The summed E-state index contributed by atoms with van der Waals surface area (Å²) in [5.74, 6) is -1.11. The third-order valence-corrected chi connectivity index (χ3v) is 3.28. The van der Waals surface area contributed by atoms with Crippen molar-refractivity contribution < 1.29 is 14.7 Å².